The predicted octanol–water partition coefficient (Wildman–Crippen LogP) is 4.64. The van der Waals surface area contributed by atoms with E-state index in [-0.39, 0.29) is 5.91 Å². The number of nitrogens with one attached hydrogen (secondary N) is 1. The average molecular weight is 452 g/mol. The lowest BCUT2D eigenvalue weighted by Crippen LogP contribution is -2.25. The van der Waals surface area contributed by atoms with E-state index in [0.29, 0.717) is 25.3 Å². The summed E-state index contributed by atoms with van der Waals surface area (Å²) in [6.07, 6.45) is 13.1. The van der Waals surface area contributed by atoms with Crippen LogP contribution in [0.4, 0.5) is 0 Å². The largest absolute Gasteiger partial charge is 0.383 e. The van der Waals surface area contributed by atoms with Gasteiger partial charge < -0.3 is 14.6 Å². The van der Waals surface area contributed by atoms with Crippen molar-refractivity contribution in [3.63, 3.8) is 0 Å². The van der Waals surface area contributed by atoms with Gasteiger partial charge in [-0.2, -0.15) is 0 Å². The van der Waals surface area contributed by atoms with Crippen molar-refractivity contribution < 1.29 is 9.53 Å². The molecule has 4 rings (SSSR count). The number of nitrogens with zero attached hydrogens (tertiary/aromatic N) is 4. The van der Waals surface area contributed by atoms with Gasteiger partial charge in [-0.3, -0.25) is 14.8 Å². The molecule has 0 saturated heterocycles. The van der Waals surface area contributed by atoms with E-state index in [1.165, 1.54) is 29.8 Å². The maximum atomic E-state index is 13.0. The quantitative estimate of drug-likeness (QED) is 0.479. The number of carbonyl (C=O) groups is 1. The first kappa shape index (κ1) is 22.4. The highest BCUT2D eigenvalue weighted by Crippen LogP contribution is 2.30. The zero-order chi connectivity index (χ0) is 22.3. The van der Waals surface area contributed by atoms with Crippen LogP contribution in [-0.4, -0.2) is 45.7 Å². The monoisotopic (exact) mass is 451 g/mol. The topological polar surface area (TPSA) is 81.9 Å². The van der Waals surface area contributed by atoms with Crippen molar-refractivity contribution in [2.24, 2.45) is 0 Å². The number of methoxy groups -OCH3 is 1. The van der Waals surface area contributed by atoms with Crippen molar-refractivity contribution in [3.8, 4) is 22.1 Å². The first-order valence-electron chi connectivity index (χ1n) is 11.0. The number of rotatable bonds is 9. The Morgan fingerprint density at radius 3 is 2.94 bits per heavy atom. The van der Waals surface area contributed by atoms with Crippen LogP contribution >= 0.6 is 11.3 Å². The van der Waals surface area contributed by atoms with Gasteiger partial charge >= 0.3 is 0 Å². The molecule has 1 amide bonds. The Morgan fingerprint density at radius 2 is 2.19 bits per heavy atom. The summed E-state index contributed by atoms with van der Waals surface area (Å²) in [6.45, 7) is 3.85. The first-order chi connectivity index (χ1) is 15.7. The van der Waals surface area contributed by atoms with Crippen LogP contribution in [-0.2, 0) is 11.3 Å². The molecule has 0 spiro atoms. The Kier molecular flexibility index (Phi) is 7.44. The molecule has 0 aromatic carbocycles. The third-order valence-corrected chi connectivity index (χ3v) is 6.66. The average Bonchev–Trinajstić information content (AvgIpc) is 3.44. The Labute approximate surface area is 192 Å². The molecule has 0 atom stereocenters. The highest BCUT2D eigenvalue weighted by molar-refractivity contribution is 7.13. The first-order valence-corrected chi connectivity index (χ1v) is 11.9. The minimum atomic E-state index is -0.0410. The lowest BCUT2D eigenvalue weighted by molar-refractivity contribution is 0.0953. The van der Waals surface area contributed by atoms with E-state index in [4.69, 9.17) is 9.72 Å². The molecule has 0 fully saturated rings. The van der Waals surface area contributed by atoms with E-state index in [2.05, 4.69) is 25.9 Å². The highest BCUT2D eigenvalue weighted by atomic mass is 32.1. The zero-order valence-corrected chi connectivity index (χ0v) is 19.5. The number of ether oxygens (including phenoxy) is 1. The lowest BCUT2D eigenvalue weighted by Gasteiger charge is -2.13. The molecule has 1 aliphatic rings. The Morgan fingerprint density at radius 1 is 1.28 bits per heavy atom. The lowest BCUT2D eigenvalue weighted by atomic mass is 9.97. The van der Waals surface area contributed by atoms with Gasteiger partial charge in [0, 0.05) is 43.7 Å². The molecule has 0 radical (unpaired) electrons. The third-order valence-electron chi connectivity index (χ3n) is 5.80. The molecular weight excluding hydrogens is 422 g/mol. The molecule has 7 nitrogen and oxygen atoms in total. The van der Waals surface area contributed by atoms with Crippen molar-refractivity contribution in [1.82, 2.24) is 24.8 Å². The standard InChI is InChI=1S/C24H29N5O2S/c1-17-19(23(30)27-9-8-18-6-4-3-5-7-18)14-22(29(17)12-13-31-2)21-16-32-24(28-21)20-15-25-10-11-26-20/h6,10-11,14-16H,3-5,7-9,12-13H2,1-2H3,(H,27,30). The molecule has 0 bridgehead atoms. The van der Waals surface area contributed by atoms with Gasteiger partial charge in [0.1, 0.15) is 10.7 Å². The maximum absolute atomic E-state index is 13.0. The normalized spacial score (nSPS) is 13.8. The SMILES string of the molecule is COCCn1c(-c2csc(-c3cnccn3)n2)cc(C(=O)NCCC2=CCCCC2)c1C. The van der Waals surface area contributed by atoms with Crippen LogP contribution < -0.4 is 5.32 Å². The maximum Gasteiger partial charge on any atom is 0.253 e. The van der Waals surface area contributed by atoms with Crippen LogP contribution in [0.2, 0.25) is 0 Å². The number of carbonyl (C=O) groups excluding carboxylic acids is 1. The van der Waals surface area contributed by atoms with Crippen molar-refractivity contribution in [3.05, 3.63) is 52.9 Å². The van der Waals surface area contributed by atoms with Gasteiger partial charge in [0.15, 0.2) is 0 Å². The zero-order valence-electron chi connectivity index (χ0n) is 18.6. The number of hydrogen-bond donors (Lipinski definition) is 1. The molecule has 3 aromatic rings. The molecular formula is C24H29N5O2S. The highest BCUT2D eigenvalue weighted by Gasteiger charge is 2.20. The van der Waals surface area contributed by atoms with E-state index in [9.17, 15) is 4.79 Å². The molecule has 0 unspecified atom stereocenters. The van der Waals surface area contributed by atoms with Gasteiger partial charge in [-0.05, 0) is 45.1 Å². The molecule has 32 heavy (non-hydrogen) atoms. The predicted molar refractivity (Wildman–Crippen MR) is 127 cm³/mol. The second-order valence-electron chi connectivity index (χ2n) is 7.92. The van der Waals surface area contributed by atoms with Crippen molar-refractivity contribution >= 4 is 17.2 Å². The fraction of sp³-hybridized carbons (Fsp3) is 0.417. The summed E-state index contributed by atoms with van der Waals surface area (Å²) in [5.41, 5.74) is 5.53. The Bertz CT molecular complexity index is 1090. The van der Waals surface area contributed by atoms with E-state index >= 15 is 0 Å². The summed E-state index contributed by atoms with van der Waals surface area (Å²) in [7, 11) is 1.68. The van der Waals surface area contributed by atoms with Crippen LogP contribution in [0, 0.1) is 6.92 Å². The summed E-state index contributed by atoms with van der Waals surface area (Å²) in [4.78, 5) is 26.2. The van der Waals surface area contributed by atoms with E-state index in [1.807, 2.05) is 18.4 Å². The van der Waals surface area contributed by atoms with Crippen LogP contribution in [0.15, 0.2) is 41.7 Å². The van der Waals surface area contributed by atoms with Gasteiger partial charge in [-0.1, -0.05) is 11.6 Å². The number of allylic oxidation sites excluding steroid dienone is 1. The molecule has 0 saturated carbocycles. The van der Waals surface area contributed by atoms with Gasteiger partial charge in [0.25, 0.3) is 5.91 Å². The molecule has 1 aliphatic carbocycles. The third kappa shape index (κ3) is 5.14. The number of hydrogen-bond acceptors (Lipinski definition) is 6. The van der Waals surface area contributed by atoms with Gasteiger partial charge in [0.2, 0.25) is 0 Å². The Balaban J connectivity index is 1.54. The van der Waals surface area contributed by atoms with Crippen LogP contribution in [0.25, 0.3) is 22.1 Å². The van der Waals surface area contributed by atoms with Gasteiger partial charge in [-0.25, -0.2) is 4.98 Å². The van der Waals surface area contributed by atoms with E-state index < -0.39 is 0 Å². The summed E-state index contributed by atoms with van der Waals surface area (Å²) < 4.78 is 7.41. The minimum absolute atomic E-state index is 0.0410. The van der Waals surface area contributed by atoms with Crippen LogP contribution in [0.5, 0.6) is 0 Å². The Hall–Kier alpha value is -2.84. The van der Waals surface area contributed by atoms with E-state index in [0.717, 1.165) is 47.0 Å². The number of amides is 1. The fourth-order valence-corrected chi connectivity index (χ4v) is 4.81. The minimum Gasteiger partial charge on any atom is -0.383 e. The van der Waals surface area contributed by atoms with Gasteiger partial charge in [-0.15, -0.1) is 11.3 Å². The van der Waals surface area contributed by atoms with Crippen molar-refractivity contribution in [1.29, 1.82) is 0 Å². The molecule has 168 valence electrons. The van der Waals surface area contributed by atoms with E-state index in [1.54, 1.807) is 25.7 Å². The second-order valence-corrected chi connectivity index (χ2v) is 8.77. The molecule has 8 heteroatoms. The van der Waals surface area contributed by atoms with Crippen LogP contribution in [0.3, 0.4) is 0 Å². The molecule has 1 N–H and O–H groups in total. The van der Waals surface area contributed by atoms with Crippen molar-refractivity contribution in [2.45, 2.75) is 45.6 Å². The molecule has 0 aliphatic heterocycles. The second kappa shape index (κ2) is 10.7. The summed E-state index contributed by atoms with van der Waals surface area (Å²) in [5, 5.41) is 5.91. The smallest absolute Gasteiger partial charge is 0.253 e. The molecule has 3 heterocycles. The summed E-state index contributed by atoms with van der Waals surface area (Å²) >= 11 is 1.52. The molecule has 3 aromatic heterocycles. The van der Waals surface area contributed by atoms with Crippen molar-refractivity contribution in [2.75, 3.05) is 20.3 Å². The summed E-state index contributed by atoms with van der Waals surface area (Å²) in [5.74, 6) is -0.0410. The van der Waals surface area contributed by atoms with Crippen LogP contribution in [0.1, 0.15) is 48.2 Å². The summed E-state index contributed by atoms with van der Waals surface area (Å²) in [6, 6.07) is 1.94. The number of thiazole rings is 1. The number of aromatic nitrogens is 4. The fourth-order valence-electron chi connectivity index (χ4n) is 4.04. The van der Waals surface area contributed by atoms with Gasteiger partial charge in [0.05, 0.1) is 29.8 Å².